The molecule has 0 radical (unpaired) electrons. The van der Waals surface area contributed by atoms with Crippen molar-refractivity contribution in [3.63, 3.8) is 0 Å². The summed E-state index contributed by atoms with van der Waals surface area (Å²) in [6.07, 6.45) is 0.267. The number of carbonyl (C=O) groups is 1. The van der Waals surface area contributed by atoms with E-state index in [0.717, 1.165) is 10.6 Å². The summed E-state index contributed by atoms with van der Waals surface area (Å²) in [4.78, 5) is 25.3. The SMILES string of the molecule is Nc1nc(COC(=O)CCSc2ccc(Cl)cc2)nc(Nc2ccccc2)n1. The van der Waals surface area contributed by atoms with E-state index in [1.165, 1.54) is 0 Å². The first kappa shape index (κ1) is 19.9. The zero-order valence-corrected chi connectivity index (χ0v) is 16.4. The van der Waals surface area contributed by atoms with Crippen molar-refractivity contribution in [3.05, 3.63) is 65.4 Å². The minimum atomic E-state index is -0.335. The zero-order chi connectivity index (χ0) is 19.8. The Labute approximate surface area is 171 Å². The fourth-order valence-electron chi connectivity index (χ4n) is 2.21. The summed E-state index contributed by atoms with van der Waals surface area (Å²) >= 11 is 7.40. The fourth-order valence-corrected chi connectivity index (χ4v) is 3.17. The molecular weight excluding hydrogens is 398 g/mol. The molecule has 0 aliphatic carbocycles. The summed E-state index contributed by atoms with van der Waals surface area (Å²) in [7, 11) is 0. The highest BCUT2D eigenvalue weighted by molar-refractivity contribution is 7.99. The van der Waals surface area contributed by atoms with Gasteiger partial charge in [-0.1, -0.05) is 29.8 Å². The molecule has 0 saturated heterocycles. The largest absolute Gasteiger partial charge is 0.457 e. The van der Waals surface area contributed by atoms with Crippen LogP contribution in [0.3, 0.4) is 0 Å². The molecule has 3 aromatic rings. The van der Waals surface area contributed by atoms with E-state index in [0.29, 0.717) is 16.7 Å². The van der Waals surface area contributed by atoms with Gasteiger partial charge in [-0.25, -0.2) is 0 Å². The average molecular weight is 416 g/mol. The number of nitrogens with two attached hydrogens (primary N) is 1. The van der Waals surface area contributed by atoms with Crippen LogP contribution in [0.25, 0.3) is 0 Å². The van der Waals surface area contributed by atoms with E-state index in [4.69, 9.17) is 22.1 Å². The van der Waals surface area contributed by atoms with Gasteiger partial charge in [0.2, 0.25) is 11.9 Å². The Morgan fingerprint density at radius 1 is 1.07 bits per heavy atom. The van der Waals surface area contributed by atoms with Gasteiger partial charge >= 0.3 is 5.97 Å². The summed E-state index contributed by atoms with van der Waals surface area (Å²) in [5, 5.41) is 3.72. The first-order chi connectivity index (χ1) is 13.6. The molecule has 0 fully saturated rings. The molecule has 1 heterocycles. The normalized spacial score (nSPS) is 10.5. The monoisotopic (exact) mass is 415 g/mol. The minimum absolute atomic E-state index is 0.0535. The van der Waals surface area contributed by atoms with Crippen LogP contribution < -0.4 is 11.1 Å². The van der Waals surface area contributed by atoms with E-state index in [-0.39, 0.29) is 30.8 Å². The summed E-state index contributed by atoms with van der Waals surface area (Å²) < 4.78 is 5.24. The number of rotatable bonds is 8. The molecule has 0 bridgehead atoms. The highest BCUT2D eigenvalue weighted by Gasteiger charge is 2.09. The third-order valence-corrected chi connectivity index (χ3v) is 4.75. The van der Waals surface area contributed by atoms with Gasteiger partial charge in [0.25, 0.3) is 0 Å². The van der Waals surface area contributed by atoms with Crippen LogP contribution >= 0.6 is 23.4 Å². The number of nitrogens with zero attached hydrogens (tertiary/aromatic N) is 3. The van der Waals surface area contributed by atoms with Gasteiger partial charge < -0.3 is 15.8 Å². The number of hydrogen-bond acceptors (Lipinski definition) is 8. The number of anilines is 3. The molecule has 0 unspecified atom stereocenters. The van der Waals surface area contributed by atoms with E-state index >= 15 is 0 Å². The van der Waals surface area contributed by atoms with Crippen molar-refractivity contribution in [2.24, 2.45) is 0 Å². The average Bonchev–Trinajstić information content (AvgIpc) is 2.68. The first-order valence-corrected chi connectivity index (χ1v) is 9.81. The lowest BCUT2D eigenvalue weighted by Gasteiger charge is -2.08. The highest BCUT2D eigenvalue weighted by Crippen LogP contribution is 2.21. The number of carbonyl (C=O) groups excluding carboxylic acids is 1. The van der Waals surface area contributed by atoms with Crippen LogP contribution in [0.1, 0.15) is 12.2 Å². The predicted octanol–water partition coefficient (Wildman–Crippen LogP) is 4.08. The van der Waals surface area contributed by atoms with E-state index in [2.05, 4.69) is 20.3 Å². The molecule has 0 amide bonds. The van der Waals surface area contributed by atoms with Crippen molar-refractivity contribution in [2.45, 2.75) is 17.9 Å². The van der Waals surface area contributed by atoms with Crippen LogP contribution in [0.4, 0.5) is 17.6 Å². The van der Waals surface area contributed by atoms with Crippen LogP contribution in [0.5, 0.6) is 0 Å². The lowest BCUT2D eigenvalue weighted by atomic mass is 10.3. The van der Waals surface area contributed by atoms with Gasteiger partial charge in [0.05, 0.1) is 6.42 Å². The molecule has 9 heteroatoms. The molecule has 0 saturated carbocycles. The van der Waals surface area contributed by atoms with Crippen LogP contribution in [0, 0.1) is 0 Å². The number of para-hydroxylation sites is 1. The maximum Gasteiger partial charge on any atom is 0.307 e. The van der Waals surface area contributed by atoms with Crippen LogP contribution in [-0.4, -0.2) is 26.7 Å². The van der Waals surface area contributed by atoms with E-state index in [1.807, 2.05) is 54.6 Å². The number of nitrogens with one attached hydrogen (secondary N) is 1. The number of benzene rings is 2. The number of nitrogen functional groups attached to an aromatic ring is 1. The zero-order valence-electron chi connectivity index (χ0n) is 14.8. The smallest absolute Gasteiger partial charge is 0.307 e. The summed E-state index contributed by atoms with van der Waals surface area (Å²) in [5.41, 5.74) is 6.53. The Morgan fingerprint density at radius 2 is 1.82 bits per heavy atom. The van der Waals surface area contributed by atoms with Crippen molar-refractivity contribution < 1.29 is 9.53 Å². The Morgan fingerprint density at radius 3 is 2.57 bits per heavy atom. The molecule has 28 heavy (non-hydrogen) atoms. The molecule has 3 rings (SSSR count). The summed E-state index contributed by atoms with van der Waals surface area (Å²) in [6, 6.07) is 16.9. The molecule has 0 spiro atoms. The molecular formula is C19H18ClN5O2S. The summed E-state index contributed by atoms with van der Waals surface area (Å²) in [6.45, 7) is -0.0688. The lowest BCUT2D eigenvalue weighted by molar-refractivity contribution is -0.144. The Bertz CT molecular complexity index is 925. The first-order valence-electron chi connectivity index (χ1n) is 8.45. The van der Waals surface area contributed by atoms with Gasteiger partial charge in [0.15, 0.2) is 12.4 Å². The number of thioether (sulfide) groups is 1. The van der Waals surface area contributed by atoms with Gasteiger partial charge in [0, 0.05) is 21.4 Å². The maximum atomic E-state index is 11.9. The Kier molecular flexibility index (Phi) is 7.05. The van der Waals surface area contributed by atoms with Crippen LogP contribution in [0.2, 0.25) is 5.02 Å². The van der Waals surface area contributed by atoms with Gasteiger partial charge in [-0.15, -0.1) is 11.8 Å². The van der Waals surface area contributed by atoms with Crippen molar-refractivity contribution >= 4 is 46.9 Å². The number of esters is 1. The fraction of sp³-hybridized carbons (Fsp3) is 0.158. The van der Waals surface area contributed by atoms with Crippen molar-refractivity contribution in [2.75, 3.05) is 16.8 Å². The second-order valence-electron chi connectivity index (χ2n) is 5.64. The van der Waals surface area contributed by atoms with E-state index in [1.54, 1.807) is 11.8 Å². The Balaban J connectivity index is 1.48. The number of halogens is 1. The molecule has 3 N–H and O–H groups in total. The van der Waals surface area contributed by atoms with E-state index < -0.39 is 0 Å². The molecule has 2 aromatic carbocycles. The van der Waals surface area contributed by atoms with Gasteiger partial charge in [-0.2, -0.15) is 15.0 Å². The minimum Gasteiger partial charge on any atom is -0.457 e. The Hall–Kier alpha value is -2.84. The van der Waals surface area contributed by atoms with Crippen molar-refractivity contribution in [1.82, 2.24) is 15.0 Å². The third-order valence-electron chi connectivity index (χ3n) is 3.48. The third kappa shape index (κ3) is 6.40. The van der Waals surface area contributed by atoms with Gasteiger partial charge in [0.1, 0.15) is 0 Å². The van der Waals surface area contributed by atoms with Gasteiger partial charge in [-0.3, -0.25) is 4.79 Å². The molecule has 0 aliphatic rings. The second-order valence-corrected chi connectivity index (χ2v) is 7.24. The summed E-state index contributed by atoms with van der Waals surface area (Å²) in [5.74, 6) is 0.893. The van der Waals surface area contributed by atoms with E-state index in [9.17, 15) is 4.79 Å². The quantitative estimate of drug-likeness (QED) is 0.419. The molecule has 7 nitrogen and oxygen atoms in total. The van der Waals surface area contributed by atoms with Crippen LogP contribution in [0.15, 0.2) is 59.5 Å². The maximum absolute atomic E-state index is 11.9. The second kappa shape index (κ2) is 9.91. The standard InChI is InChI=1S/C19H18ClN5O2S/c20-13-6-8-15(9-7-13)28-11-10-17(26)27-12-16-23-18(21)25-19(24-16)22-14-4-2-1-3-5-14/h1-9H,10-12H2,(H3,21,22,23,24,25). The number of aromatic nitrogens is 3. The van der Waals surface area contributed by atoms with Gasteiger partial charge in [-0.05, 0) is 36.4 Å². The number of ether oxygens (including phenoxy) is 1. The molecule has 0 atom stereocenters. The van der Waals surface area contributed by atoms with Crippen molar-refractivity contribution in [3.8, 4) is 0 Å². The molecule has 1 aromatic heterocycles. The lowest BCUT2D eigenvalue weighted by Crippen LogP contribution is -2.11. The molecule has 0 aliphatic heterocycles. The topological polar surface area (TPSA) is 103 Å². The number of hydrogen-bond donors (Lipinski definition) is 2. The predicted molar refractivity (Wildman–Crippen MR) is 111 cm³/mol. The van der Waals surface area contributed by atoms with Crippen LogP contribution in [-0.2, 0) is 16.1 Å². The highest BCUT2D eigenvalue weighted by atomic mass is 35.5. The van der Waals surface area contributed by atoms with Crippen molar-refractivity contribution in [1.29, 1.82) is 0 Å². The molecule has 144 valence electrons.